The number of ether oxygens (including phenoxy) is 2. The van der Waals surface area contributed by atoms with Crippen LogP contribution >= 0.6 is 24.0 Å². The number of rotatable bonds is 8. The van der Waals surface area contributed by atoms with Gasteiger partial charge < -0.3 is 25.4 Å². The Labute approximate surface area is 179 Å². The van der Waals surface area contributed by atoms with E-state index in [4.69, 9.17) is 9.47 Å². The number of carbonyl (C=O) groups is 1. The lowest BCUT2D eigenvalue weighted by Crippen LogP contribution is -2.41. The molecule has 7 nitrogen and oxygen atoms in total. The number of hydrogen-bond donors (Lipinski definition) is 3. The van der Waals surface area contributed by atoms with Crippen LogP contribution in [0.25, 0.3) is 0 Å². The molecule has 0 radical (unpaired) electrons. The number of hydrogen-bond acceptors (Lipinski definition) is 4. The molecule has 3 N–H and O–H groups in total. The zero-order valence-corrected chi connectivity index (χ0v) is 19.2. The molecular formula is C19H33IN4O3. The van der Waals surface area contributed by atoms with Crippen molar-refractivity contribution >= 4 is 36.0 Å². The maximum absolute atomic E-state index is 11.6. The van der Waals surface area contributed by atoms with Crippen LogP contribution in [0.1, 0.15) is 38.9 Å². The molecule has 0 aromatic heterocycles. The van der Waals surface area contributed by atoms with Gasteiger partial charge in [-0.3, -0.25) is 4.99 Å². The topological polar surface area (TPSA) is 84.0 Å². The molecule has 0 aliphatic rings. The van der Waals surface area contributed by atoms with E-state index in [1.807, 2.05) is 51.1 Å². The van der Waals surface area contributed by atoms with E-state index in [1.54, 1.807) is 14.2 Å². The SMILES string of the molecule is CN=C(NCCCNC(=O)OC(C)(C)C)NCC(OC)c1ccccc1.I. The summed E-state index contributed by atoms with van der Waals surface area (Å²) >= 11 is 0. The first kappa shape index (κ1) is 25.4. The molecule has 0 aliphatic carbocycles. The lowest BCUT2D eigenvalue weighted by Gasteiger charge is -2.20. The molecule has 1 amide bonds. The zero-order chi connectivity index (χ0) is 19.4. The fourth-order valence-electron chi connectivity index (χ4n) is 2.21. The van der Waals surface area contributed by atoms with Crippen LogP contribution in [-0.4, -0.2) is 51.4 Å². The third-order valence-corrected chi connectivity index (χ3v) is 3.45. The van der Waals surface area contributed by atoms with Crippen molar-refractivity contribution < 1.29 is 14.3 Å². The molecule has 8 heteroatoms. The molecule has 0 spiro atoms. The van der Waals surface area contributed by atoms with E-state index in [0.29, 0.717) is 25.6 Å². The first-order chi connectivity index (χ1) is 12.4. The van der Waals surface area contributed by atoms with Crippen molar-refractivity contribution in [3.8, 4) is 0 Å². The molecule has 1 rings (SSSR count). The van der Waals surface area contributed by atoms with Crippen LogP contribution in [0.5, 0.6) is 0 Å². The van der Waals surface area contributed by atoms with Gasteiger partial charge in [-0.15, -0.1) is 24.0 Å². The van der Waals surface area contributed by atoms with Crippen molar-refractivity contribution in [2.24, 2.45) is 4.99 Å². The molecule has 1 aromatic carbocycles. The van der Waals surface area contributed by atoms with Gasteiger partial charge in [0, 0.05) is 33.8 Å². The quantitative estimate of drug-likeness (QED) is 0.225. The lowest BCUT2D eigenvalue weighted by molar-refractivity contribution is 0.0527. The summed E-state index contributed by atoms with van der Waals surface area (Å²) in [7, 11) is 3.41. The zero-order valence-electron chi connectivity index (χ0n) is 16.9. The van der Waals surface area contributed by atoms with Gasteiger partial charge in [-0.2, -0.15) is 0 Å². The maximum Gasteiger partial charge on any atom is 0.407 e. The number of methoxy groups -OCH3 is 1. The Balaban J connectivity index is 0.00000676. The number of carbonyl (C=O) groups excluding carboxylic acids is 1. The van der Waals surface area contributed by atoms with E-state index >= 15 is 0 Å². The van der Waals surface area contributed by atoms with Gasteiger partial charge >= 0.3 is 6.09 Å². The molecule has 1 unspecified atom stereocenters. The molecule has 0 bridgehead atoms. The lowest BCUT2D eigenvalue weighted by atomic mass is 10.1. The van der Waals surface area contributed by atoms with E-state index in [2.05, 4.69) is 20.9 Å². The summed E-state index contributed by atoms with van der Waals surface area (Å²) in [6.45, 7) is 7.34. The predicted octanol–water partition coefficient (Wildman–Crippen LogP) is 3.07. The molecule has 1 atom stereocenters. The summed E-state index contributed by atoms with van der Waals surface area (Å²) in [6, 6.07) is 10.0. The standard InChI is InChI=1S/C19H32N4O3.HI/c1-19(2,3)26-18(24)22-13-9-12-21-17(20-4)23-14-16(25-5)15-10-7-6-8-11-15;/h6-8,10-11,16H,9,12-14H2,1-5H3,(H,22,24)(H2,20,21,23);1H. The first-order valence-corrected chi connectivity index (χ1v) is 8.85. The van der Waals surface area contributed by atoms with Crippen molar-refractivity contribution in [2.45, 2.75) is 38.9 Å². The van der Waals surface area contributed by atoms with Crippen LogP contribution in [0.15, 0.2) is 35.3 Å². The van der Waals surface area contributed by atoms with Crippen molar-refractivity contribution in [2.75, 3.05) is 33.8 Å². The van der Waals surface area contributed by atoms with Gasteiger partial charge in [0.15, 0.2) is 5.96 Å². The van der Waals surface area contributed by atoms with Gasteiger partial charge in [-0.05, 0) is 32.8 Å². The maximum atomic E-state index is 11.6. The van der Waals surface area contributed by atoms with Gasteiger partial charge in [0.05, 0.1) is 6.10 Å². The summed E-state index contributed by atoms with van der Waals surface area (Å²) in [5.74, 6) is 0.695. The highest BCUT2D eigenvalue weighted by Gasteiger charge is 2.15. The van der Waals surface area contributed by atoms with Crippen LogP contribution in [-0.2, 0) is 9.47 Å². The number of guanidine groups is 1. The monoisotopic (exact) mass is 492 g/mol. The minimum atomic E-state index is -0.481. The van der Waals surface area contributed by atoms with Crippen molar-refractivity contribution in [3.63, 3.8) is 0 Å². The van der Waals surface area contributed by atoms with Crippen LogP contribution in [0, 0.1) is 0 Å². The number of nitrogens with zero attached hydrogens (tertiary/aromatic N) is 1. The fraction of sp³-hybridized carbons (Fsp3) is 0.579. The Morgan fingerprint density at radius 1 is 1.11 bits per heavy atom. The molecule has 0 saturated heterocycles. The van der Waals surface area contributed by atoms with Gasteiger partial charge in [0.25, 0.3) is 0 Å². The second kappa shape index (κ2) is 13.6. The summed E-state index contributed by atoms with van der Waals surface area (Å²) in [6.07, 6.45) is 0.307. The summed E-state index contributed by atoms with van der Waals surface area (Å²) in [5, 5.41) is 9.20. The van der Waals surface area contributed by atoms with Gasteiger partial charge in [0.1, 0.15) is 5.60 Å². The number of nitrogens with one attached hydrogen (secondary N) is 3. The minimum absolute atomic E-state index is 0. The Kier molecular flexibility index (Phi) is 12.8. The largest absolute Gasteiger partial charge is 0.444 e. The molecule has 154 valence electrons. The van der Waals surface area contributed by atoms with Crippen LogP contribution in [0.4, 0.5) is 4.79 Å². The molecular weight excluding hydrogens is 459 g/mol. The van der Waals surface area contributed by atoms with E-state index in [-0.39, 0.29) is 30.1 Å². The second-order valence-electron chi connectivity index (χ2n) is 6.80. The second-order valence-corrected chi connectivity index (χ2v) is 6.80. The normalized spacial score (nSPS) is 12.6. The van der Waals surface area contributed by atoms with Crippen LogP contribution < -0.4 is 16.0 Å². The number of amides is 1. The van der Waals surface area contributed by atoms with E-state index < -0.39 is 11.7 Å². The predicted molar refractivity (Wildman–Crippen MR) is 120 cm³/mol. The molecule has 0 aliphatic heterocycles. The third-order valence-electron chi connectivity index (χ3n) is 3.45. The third kappa shape index (κ3) is 11.7. The van der Waals surface area contributed by atoms with E-state index in [9.17, 15) is 4.79 Å². The minimum Gasteiger partial charge on any atom is -0.444 e. The molecule has 0 saturated carbocycles. The number of halogens is 1. The highest BCUT2D eigenvalue weighted by Crippen LogP contribution is 2.14. The van der Waals surface area contributed by atoms with E-state index in [1.165, 1.54) is 0 Å². The molecule has 27 heavy (non-hydrogen) atoms. The Morgan fingerprint density at radius 3 is 2.30 bits per heavy atom. The smallest absolute Gasteiger partial charge is 0.407 e. The average Bonchev–Trinajstić information content (AvgIpc) is 2.59. The van der Waals surface area contributed by atoms with Gasteiger partial charge in [-0.25, -0.2) is 4.79 Å². The Hall–Kier alpha value is -1.55. The summed E-state index contributed by atoms with van der Waals surface area (Å²) in [4.78, 5) is 15.7. The molecule has 0 fully saturated rings. The fourth-order valence-corrected chi connectivity index (χ4v) is 2.21. The van der Waals surface area contributed by atoms with Crippen LogP contribution in [0.2, 0.25) is 0 Å². The van der Waals surface area contributed by atoms with Crippen molar-refractivity contribution in [1.82, 2.24) is 16.0 Å². The van der Waals surface area contributed by atoms with Gasteiger partial charge in [0.2, 0.25) is 0 Å². The highest BCUT2D eigenvalue weighted by atomic mass is 127. The summed E-state index contributed by atoms with van der Waals surface area (Å²) < 4.78 is 10.7. The molecule has 0 heterocycles. The Morgan fingerprint density at radius 2 is 1.74 bits per heavy atom. The highest BCUT2D eigenvalue weighted by molar-refractivity contribution is 14.0. The first-order valence-electron chi connectivity index (χ1n) is 8.85. The van der Waals surface area contributed by atoms with Crippen molar-refractivity contribution in [3.05, 3.63) is 35.9 Å². The summed E-state index contributed by atoms with van der Waals surface area (Å²) in [5.41, 5.74) is 0.629. The van der Waals surface area contributed by atoms with E-state index in [0.717, 1.165) is 12.0 Å². The average molecular weight is 492 g/mol. The van der Waals surface area contributed by atoms with Gasteiger partial charge in [-0.1, -0.05) is 30.3 Å². The number of aliphatic imine (C=N–C) groups is 1. The van der Waals surface area contributed by atoms with Crippen molar-refractivity contribution in [1.29, 1.82) is 0 Å². The number of alkyl carbamates (subject to hydrolysis) is 1. The Bertz CT molecular complexity index is 562. The van der Waals surface area contributed by atoms with Crippen LogP contribution in [0.3, 0.4) is 0 Å². The molecule has 1 aromatic rings. The number of benzene rings is 1.